The molecule has 2 aromatic heterocycles. The Balaban J connectivity index is 2.20. The fraction of sp³-hybridized carbons (Fsp3) is 0. The quantitative estimate of drug-likeness (QED) is 0.635. The lowest BCUT2D eigenvalue weighted by Gasteiger charge is -2.11. The van der Waals surface area contributed by atoms with E-state index < -0.39 is 0 Å². The van der Waals surface area contributed by atoms with E-state index >= 15 is 0 Å². The summed E-state index contributed by atoms with van der Waals surface area (Å²) >= 11 is 4.23. The van der Waals surface area contributed by atoms with Gasteiger partial charge >= 0.3 is 0 Å². The van der Waals surface area contributed by atoms with E-state index in [4.69, 9.17) is 0 Å². The van der Waals surface area contributed by atoms with Crippen molar-refractivity contribution >= 4 is 34.9 Å². The Kier molecular flexibility index (Phi) is 3.34. The molecule has 6 heteroatoms. The van der Waals surface area contributed by atoms with Crippen molar-refractivity contribution in [1.29, 1.82) is 5.26 Å². The van der Waals surface area contributed by atoms with Gasteiger partial charge in [0.15, 0.2) is 0 Å². The molecule has 0 saturated heterocycles. The Labute approximate surface area is 125 Å². The fourth-order valence-electron chi connectivity index (χ4n) is 2.05. The van der Waals surface area contributed by atoms with Crippen LogP contribution in [0.5, 0.6) is 0 Å². The van der Waals surface area contributed by atoms with Crippen LogP contribution in [0, 0.1) is 11.3 Å². The Morgan fingerprint density at radius 3 is 2.71 bits per heavy atom. The number of pyridine rings is 2. The maximum absolute atomic E-state index is 11.8. The predicted molar refractivity (Wildman–Crippen MR) is 84.1 cm³/mol. The van der Waals surface area contributed by atoms with Crippen molar-refractivity contribution in [2.45, 2.75) is 4.90 Å². The molecule has 1 aromatic carbocycles. The molecule has 2 heterocycles. The molecule has 102 valence electrons. The number of hydrogen-bond donors (Lipinski definition) is 3. The van der Waals surface area contributed by atoms with Crippen molar-refractivity contribution in [3.05, 3.63) is 58.6 Å². The summed E-state index contributed by atoms with van der Waals surface area (Å²) in [6, 6.07) is 11.2. The van der Waals surface area contributed by atoms with E-state index in [0.29, 0.717) is 22.2 Å². The molecule has 0 unspecified atom stereocenters. The number of aromatic nitrogens is 2. The molecule has 0 bridgehead atoms. The lowest BCUT2D eigenvalue weighted by molar-refractivity contribution is 1.23. The van der Waals surface area contributed by atoms with E-state index in [1.54, 1.807) is 6.07 Å². The smallest absolute Gasteiger partial charge is 0.274 e. The van der Waals surface area contributed by atoms with Gasteiger partial charge in [0.2, 0.25) is 0 Å². The van der Waals surface area contributed by atoms with Gasteiger partial charge in [-0.2, -0.15) is 5.26 Å². The Morgan fingerprint density at radius 1 is 1.24 bits per heavy atom. The van der Waals surface area contributed by atoms with Gasteiger partial charge in [0.05, 0.1) is 11.3 Å². The molecule has 2 N–H and O–H groups in total. The first-order valence-electron chi connectivity index (χ1n) is 6.15. The zero-order valence-electron chi connectivity index (χ0n) is 10.8. The Hall–Kier alpha value is -2.78. The summed E-state index contributed by atoms with van der Waals surface area (Å²) in [5.74, 6) is 0. The summed E-state index contributed by atoms with van der Waals surface area (Å²) in [5.41, 5.74) is 1.76. The van der Waals surface area contributed by atoms with Gasteiger partial charge in [-0.1, -0.05) is 0 Å². The number of benzene rings is 1. The Morgan fingerprint density at radius 2 is 2.00 bits per heavy atom. The van der Waals surface area contributed by atoms with E-state index in [2.05, 4.69) is 34.0 Å². The summed E-state index contributed by atoms with van der Waals surface area (Å²) in [6.07, 6.45) is 2.93. The summed E-state index contributed by atoms with van der Waals surface area (Å²) in [7, 11) is 0. The fourth-order valence-corrected chi connectivity index (χ4v) is 2.20. The topological polar surface area (TPSA) is 81.6 Å². The first-order valence-corrected chi connectivity index (χ1v) is 6.60. The predicted octanol–water partition coefficient (Wildman–Crippen LogP) is 2.83. The van der Waals surface area contributed by atoms with Gasteiger partial charge in [0, 0.05) is 28.4 Å². The first-order chi connectivity index (χ1) is 10.2. The molecule has 5 nitrogen and oxygen atoms in total. The van der Waals surface area contributed by atoms with Gasteiger partial charge in [-0.25, -0.2) is 4.98 Å². The van der Waals surface area contributed by atoms with Crippen LogP contribution >= 0.6 is 12.6 Å². The lowest BCUT2D eigenvalue weighted by Crippen LogP contribution is -2.08. The average Bonchev–Trinajstić information content (AvgIpc) is 2.50. The number of fused-ring (bicyclic) bond motifs is 1. The minimum Gasteiger partial charge on any atom is -0.354 e. The van der Waals surface area contributed by atoms with E-state index in [1.165, 1.54) is 12.4 Å². The van der Waals surface area contributed by atoms with Crippen molar-refractivity contribution in [3.63, 3.8) is 0 Å². The normalized spacial score (nSPS) is 10.3. The largest absolute Gasteiger partial charge is 0.354 e. The van der Waals surface area contributed by atoms with Crippen molar-refractivity contribution in [3.8, 4) is 6.07 Å². The summed E-state index contributed by atoms with van der Waals surface area (Å²) in [5, 5.41) is 13.0. The molecular weight excluding hydrogens is 284 g/mol. The van der Waals surface area contributed by atoms with Crippen LogP contribution in [0.15, 0.2) is 52.4 Å². The molecule has 0 fully saturated rings. The molecular formula is C15H10N4OS. The molecule has 0 aliphatic rings. The second-order valence-electron chi connectivity index (χ2n) is 4.40. The second kappa shape index (κ2) is 5.31. The number of anilines is 2. The molecule has 0 atom stereocenters. The minimum absolute atomic E-state index is 0.286. The third-order valence-electron chi connectivity index (χ3n) is 3.05. The highest BCUT2D eigenvalue weighted by Crippen LogP contribution is 2.27. The van der Waals surface area contributed by atoms with Gasteiger partial charge in [-0.15, -0.1) is 12.6 Å². The number of aromatic amines is 1. The van der Waals surface area contributed by atoms with Crippen molar-refractivity contribution in [2.75, 3.05) is 5.32 Å². The van der Waals surface area contributed by atoms with Crippen molar-refractivity contribution < 1.29 is 0 Å². The number of nitriles is 1. The number of hydrogen-bond acceptors (Lipinski definition) is 5. The van der Waals surface area contributed by atoms with E-state index in [9.17, 15) is 10.1 Å². The van der Waals surface area contributed by atoms with Crippen LogP contribution < -0.4 is 10.9 Å². The van der Waals surface area contributed by atoms with Gasteiger partial charge < -0.3 is 10.3 Å². The number of nitrogens with zero attached hydrogens (tertiary/aromatic N) is 2. The van der Waals surface area contributed by atoms with Crippen LogP contribution in [0.4, 0.5) is 11.4 Å². The summed E-state index contributed by atoms with van der Waals surface area (Å²) in [4.78, 5) is 19.3. The van der Waals surface area contributed by atoms with Gasteiger partial charge in [-0.05, 0) is 30.3 Å². The number of nitrogens with one attached hydrogen (secondary N) is 2. The minimum atomic E-state index is -0.286. The standard InChI is InChI=1S/C15H10N4OS/c16-7-9-8-18-14-12(5-6-17-15(14)20)13(9)19-10-1-3-11(21)4-2-10/h1-6,8,21H,(H,17,20)(H,18,19). The Bertz CT molecular complexity index is 910. The van der Waals surface area contributed by atoms with Crippen LogP contribution in [0.1, 0.15) is 5.56 Å². The number of thiol groups is 1. The zero-order chi connectivity index (χ0) is 14.8. The highest BCUT2D eigenvalue weighted by Gasteiger charge is 2.11. The molecule has 0 amide bonds. The molecule has 0 saturated carbocycles. The van der Waals surface area contributed by atoms with E-state index in [0.717, 1.165) is 10.6 Å². The van der Waals surface area contributed by atoms with Crippen LogP contribution in [-0.4, -0.2) is 9.97 Å². The maximum Gasteiger partial charge on any atom is 0.274 e. The van der Waals surface area contributed by atoms with E-state index in [1.807, 2.05) is 24.3 Å². The van der Waals surface area contributed by atoms with Crippen LogP contribution in [0.3, 0.4) is 0 Å². The third-order valence-corrected chi connectivity index (χ3v) is 3.35. The average molecular weight is 294 g/mol. The number of H-pyrrole nitrogens is 1. The molecule has 0 aliphatic carbocycles. The number of rotatable bonds is 2. The zero-order valence-corrected chi connectivity index (χ0v) is 11.7. The SMILES string of the molecule is N#Cc1cnc2c(=O)[nH]ccc2c1Nc1ccc(S)cc1. The monoisotopic (exact) mass is 294 g/mol. The van der Waals surface area contributed by atoms with Crippen molar-refractivity contribution in [2.24, 2.45) is 0 Å². The second-order valence-corrected chi connectivity index (χ2v) is 4.92. The van der Waals surface area contributed by atoms with Gasteiger partial charge in [-0.3, -0.25) is 4.79 Å². The van der Waals surface area contributed by atoms with E-state index in [-0.39, 0.29) is 5.56 Å². The maximum atomic E-state index is 11.8. The summed E-state index contributed by atoms with van der Waals surface area (Å²) < 4.78 is 0. The van der Waals surface area contributed by atoms with Gasteiger partial charge in [0.25, 0.3) is 5.56 Å². The highest BCUT2D eigenvalue weighted by atomic mass is 32.1. The highest BCUT2D eigenvalue weighted by molar-refractivity contribution is 7.80. The van der Waals surface area contributed by atoms with Crippen LogP contribution in [0.2, 0.25) is 0 Å². The van der Waals surface area contributed by atoms with Gasteiger partial charge in [0.1, 0.15) is 11.6 Å². The third kappa shape index (κ3) is 2.47. The molecule has 0 spiro atoms. The molecule has 3 aromatic rings. The van der Waals surface area contributed by atoms with Crippen molar-refractivity contribution in [1.82, 2.24) is 9.97 Å². The molecule has 0 aliphatic heterocycles. The molecule has 0 radical (unpaired) electrons. The first kappa shape index (κ1) is 13.2. The lowest BCUT2D eigenvalue weighted by atomic mass is 10.1. The molecule has 3 rings (SSSR count). The van der Waals surface area contributed by atoms with Crippen LogP contribution in [-0.2, 0) is 0 Å². The molecule has 21 heavy (non-hydrogen) atoms. The summed E-state index contributed by atoms with van der Waals surface area (Å²) in [6.45, 7) is 0. The van der Waals surface area contributed by atoms with Crippen LogP contribution in [0.25, 0.3) is 10.9 Å².